The molecule has 15 nitrogen and oxygen atoms in total. The fraction of sp³-hybridized carbons (Fsp3) is 0.647. The van der Waals surface area contributed by atoms with Crippen LogP contribution in [0.15, 0.2) is 11.1 Å². The van der Waals surface area contributed by atoms with Gasteiger partial charge in [-0.15, -0.1) is 0 Å². The first-order valence-electron chi connectivity index (χ1n) is 9.88. The number of H-pyrrole nitrogens is 1. The number of thioether (sulfide) groups is 1. The second-order valence-corrected chi connectivity index (χ2v) is 10.8. The maximum Gasteiger partial charge on any atom is 0.473 e. The Morgan fingerprint density at radius 2 is 2.15 bits per heavy atom. The molecule has 0 bridgehead atoms. The highest BCUT2D eigenvalue weighted by Crippen LogP contribution is 2.46. The predicted octanol–water partition coefficient (Wildman–Crippen LogP) is -0.919. The number of aliphatic hydroxyl groups excluding tert-OH is 2. The number of aromatic amines is 1. The molecule has 0 spiro atoms. The maximum atomic E-state index is 12.2. The average Bonchev–Trinajstić information content (AvgIpc) is 3.25. The molecular formula is C17H26N5O10PS. The molecule has 3 rings (SSSR count). The van der Waals surface area contributed by atoms with Gasteiger partial charge in [-0.1, -0.05) is 11.8 Å². The van der Waals surface area contributed by atoms with Gasteiger partial charge >= 0.3 is 7.82 Å². The van der Waals surface area contributed by atoms with Crippen LogP contribution in [0.25, 0.3) is 11.2 Å². The Bertz CT molecular complexity index is 1170. The van der Waals surface area contributed by atoms with E-state index in [0.29, 0.717) is 11.8 Å². The summed E-state index contributed by atoms with van der Waals surface area (Å²) in [6.45, 7) is 3.19. The Morgan fingerprint density at radius 3 is 2.79 bits per heavy atom. The predicted molar refractivity (Wildman–Crippen MR) is 118 cm³/mol. The minimum atomic E-state index is -4.66. The number of imidazole rings is 1. The molecule has 17 heteroatoms. The summed E-state index contributed by atoms with van der Waals surface area (Å²) >= 11 is 0.586. The second-order valence-electron chi connectivity index (χ2n) is 8.46. The van der Waals surface area contributed by atoms with E-state index >= 15 is 0 Å². The van der Waals surface area contributed by atoms with E-state index in [-0.39, 0.29) is 17.1 Å². The molecule has 7 N–H and O–H groups in total. The van der Waals surface area contributed by atoms with Crippen LogP contribution in [0.3, 0.4) is 0 Å². The van der Waals surface area contributed by atoms with E-state index < -0.39 is 67.1 Å². The number of phosphoric ester groups is 1. The number of carbonyl (C=O) groups is 1. The van der Waals surface area contributed by atoms with E-state index in [2.05, 4.69) is 15.0 Å². The number of ether oxygens (including phenoxy) is 1. The Morgan fingerprint density at radius 1 is 1.47 bits per heavy atom. The van der Waals surface area contributed by atoms with Crippen molar-refractivity contribution in [1.82, 2.24) is 19.5 Å². The zero-order valence-corrected chi connectivity index (χ0v) is 20.2. The van der Waals surface area contributed by atoms with Crippen LogP contribution in [0.1, 0.15) is 27.0 Å². The van der Waals surface area contributed by atoms with E-state index in [0.717, 1.165) is 0 Å². The lowest BCUT2D eigenvalue weighted by molar-refractivity contribution is -0.119. The van der Waals surface area contributed by atoms with Crippen molar-refractivity contribution in [2.24, 2.45) is 5.41 Å². The number of carbonyl (C=O) groups excluding carboxylic acids is 1. The molecule has 0 radical (unpaired) electrons. The van der Waals surface area contributed by atoms with E-state index in [1.54, 1.807) is 0 Å². The molecule has 0 aliphatic carbocycles. The number of aromatic nitrogens is 4. The third kappa shape index (κ3) is 5.35. The SMILES string of the molecule is CC(C)(CO)C(=O)SCOP(=O)(O)OC[C@H]1O[C@@H](n2cnc3c(=O)[nH]c(N)nc32)[C@](C)(O)[C@@H]1O. The summed E-state index contributed by atoms with van der Waals surface area (Å²) in [5.74, 6) is -0.720. The van der Waals surface area contributed by atoms with E-state index in [1.165, 1.54) is 31.7 Å². The standard InChI is InChI=1S/C17H26N5O10PS/c1-16(2,5-23)14(26)34-7-31-33(28,29)30-4-8-10(24)17(3,27)13(32-8)22-6-19-9-11(22)20-15(18)21-12(9)25/h6,8,10,13,23-24,27H,4-5,7H2,1-3H3,(H,28,29)(H3,18,20,21,25)/t8-,10-,13-,17-/m1/s1. The van der Waals surface area contributed by atoms with Gasteiger partial charge in [0.15, 0.2) is 22.5 Å². The molecule has 1 saturated heterocycles. The summed E-state index contributed by atoms with van der Waals surface area (Å²) in [5, 5.41) is 30.1. The third-order valence-corrected chi connectivity index (χ3v) is 7.37. The van der Waals surface area contributed by atoms with Gasteiger partial charge in [0, 0.05) is 0 Å². The van der Waals surface area contributed by atoms with Crippen molar-refractivity contribution >= 4 is 41.8 Å². The minimum Gasteiger partial charge on any atom is -0.395 e. The van der Waals surface area contributed by atoms with E-state index in [9.17, 15) is 34.4 Å². The van der Waals surface area contributed by atoms with Crippen molar-refractivity contribution in [1.29, 1.82) is 0 Å². The molecule has 5 atom stereocenters. The molecule has 1 fully saturated rings. The quantitative estimate of drug-likeness (QED) is 0.172. The molecule has 0 amide bonds. The molecule has 0 saturated carbocycles. The largest absolute Gasteiger partial charge is 0.473 e. The van der Waals surface area contributed by atoms with Crippen LogP contribution >= 0.6 is 19.6 Å². The zero-order valence-electron chi connectivity index (χ0n) is 18.4. The first-order valence-corrected chi connectivity index (χ1v) is 12.4. The van der Waals surface area contributed by atoms with Gasteiger partial charge in [0.25, 0.3) is 5.56 Å². The first-order chi connectivity index (χ1) is 15.7. The molecule has 34 heavy (non-hydrogen) atoms. The fourth-order valence-corrected chi connectivity index (χ4v) is 4.82. The number of hydrogen-bond acceptors (Lipinski definition) is 13. The normalized spacial score (nSPS) is 27.2. The minimum absolute atomic E-state index is 0.0102. The summed E-state index contributed by atoms with van der Waals surface area (Å²) in [6, 6.07) is 0. The lowest BCUT2D eigenvalue weighted by atomic mass is 9.96. The van der Waals surface area contributed by atoms with Crippen LogP contribution in [0.5, 0.6) is 0 Å². The maximum absolute atomic E-state index is 12.2. The highest BCUT2D eigenvalue weighted by Gasteiger charge is 2.54. The van der Waals surface area contributed by atoms with Crippen molar-refractivity contribution < 1.29 is 43.4 Å². The summed E-state index contributed by atoms with van der Waals surface area (Å²) in [7, 11) is -4.66. The van der Waals surface area contributed by atoms with Crippen molar-refractivity contribution in [3.8, 4) is 0 Å². The van der Waals surface area contributed by atoms with Crippen LogP contribution in [0, 0.1) is 5.41 Å². The number of phosphoric acid groups is 1. The topological polar surface area (TPSA) is 232 Å². The van der Waals surface area contributed by atoms with Gasteiger partial charge in [-0.25, -0.2) is 9.55 Å². The van der Waals surface area contributed by atoms with Gasteiger partial charge in [-0.2, -0.15) is 4.98 Å². The van der Waals surface area contributed by atoms with Gasteiger partial charge < -0.3 is 30.7 Å². The summed E-state index contributed by atoms with van der Waals surface area (Å²) < 4.78 is 28.6. The van der Waals surface area contributed by atoms with Gasteiger partial charge in [-0.3, -0.25) is 28.2 Å². The zero-order chi connectivity index (χ0) is 25.5. The number of nitrogens with two attached hydrogens (primary N) is 1. The molecule has 2 aromatic rings. The number of nitrogens with one attached hydrogen (secondary N) is 1. The Kier molecular flexibility index (Phi) is 7.58. The fourth-order valence-electron chi connectivity index (χ4n) is 3.10. The van der Waals surface area contributed by atoms with Crippen LogP contribution in [-0.2, 0) is 23.1 Å². The number of hydrogen-bond donors (Lipinski definition) is 6. The van der Waals surface area contributed by atoms with E-state index in [4.69, 9.17) is 19.5 Å². The Labute approximate surface area is 196 Å². The van der Waals surface area contributed by atoms with Crippen LogP contribution in [0.2, 0.25) is 0 Å². The highest BCUT2D eigenvalue weighted by atomic mass is 32.2. The monoisotopic (exact) mass is 523 g/mol. The first kappa shape index (κ1) is 26.7. The number of nitrogens with zero attached hydrogens (tertiary/aromatic N) is 3. The van der Waals surface area contributed by atoms with Crippen molar-refractivity contribution in [3.05, 3.63) is 16.7 Å². The molecule has 3 heterocycles. The lowest BCUT2D eigenvalue weighted by Crippen LogP contribution is -2.44. The molecule has 1 unspecified atom stereocenters. The van der Waals surface area contributed by atoms with E-state index in [1.807, 2.05) is 0 Å². The number of aliphatic hydroxyl groups is 3. The summed E-state index contributed by atoms with van der Waals surface area (Å²) in [5.41, 5.74) is 1.87. The van der Waals surface area contributed by atoms with Crippen molar-refractivity contribution in [3.63, 3.8) is 0 Å². The second kappa shape index (κ2) is 9.64. The third-order valence-electron chi connectivity index (χ3n) is 5.21. The van der Waals surface area contributed by atoms with Gasteiger partial charge in [0.2, 0.25) is 5.95 Å². The number of fused-ring (bicyclic) bond motifs is 1. The Hall–Kier alpha value is -1.88. The smallest absolute Gasteiger partial charge is 0.395 e. The lowest BCUT2D eigenvalue weighted by Gasteiger charge is -2.27. The number of anilines is 1. The molecule has 1 aliphatic heterocycles. The van der Waals surface area contributed by atoms with Gasteiger partial charge in [0.05, 0.1) is 25.0 Å². The molecule has 190 valence electrons. The number of rotatable bonds is 9. The molecule has 1 aliphatic rings. The molecular weight excluding hydrogens is 497 g/mol. The van der Waals surface area contributed by atoms with Crippen LogP contribution in [0.4, 0.5) is 5.95 Å². The van der Waals surface area contributed by atoms with Gasteiger partial charge in [-0.05, 0) is 20.8 Å². The van der Waals surface area contributed by atoms with Crippen molar-refractivity contribution in [2.75, 3.05) is 24.9 Å². The summed E-state index contributed by atoms with van der Waals surface area (Å²) in [6.07, 6.45) is -3.01. The highest BCUT2D eigenvalue weighted by molar-refractivity contribution is 8.13. The van der Waals surface area contributed by atoms with Gasteiger partial charge in [0.1, 0.15) is 23.7 Å². The van der Waals surface area contributed by atoms with Crippen LogP contribution in [-0.4, -0.2) is 81.8 Å². The average molecular weight is 523 g/mol. The van der Waals surface area contributed by atoms with Crippen LogP contribution < -0.4 is 11.3 Å². The molecule has 0 aromatic carbocycles. The van der Waals surface area contributed by atoms with Crippen molar-refractivity contribution in [2.45, 2.75) is 44.8 Å². The Balaban J connectivity index is 1.66. The summed E-state index contributed by atoms with van der Waals surface area (Å²) in [4.78, 5) is 44.0. The molecule has 2 aromatic heterocycles. The number of nitrogen functional groups attached to an aromatic ring is 1.